The van der Waals surface area contributed by atoms with Gasteiger partial charge in [-0.05, 0) is 39.1 Å². The van der Waals surface area contributed by atoms with E-state index in [0.29, 0.717) is 17.1 Å². The van der Waals surface area contributed by atoms with Gasteiger partial charge in [-0.2, -0.15) is 4.98 Å². The van der Waals surface area contributed by atoms with E-state index in [1.165, 1.54) is 24.6 Å². The summed E-state index contributed by atoms with van der Waals surface area (Å²) in [4.78, 5) is 19.6. The van der Waals surface area contributed by atoms with Crippen LogP contribution in [0.4, 0.5) is 0 Å². The van der Waals surface area contributed by atoms with Gasteiger partial charge >= 0.3 is 0 Å². The largest absolute Gasteiger partial charge is 0.493 e. The van der Waals surface area contributed by atoms with Crippen LogP contribution in [0, 0.1) is 0 Å². The van der Waals surface area contributed by atoms with Crippen molar-refractivity contribution in [2.45, 2.75) is 50.6 Å². The minimum Gasteiger partial charge on any atom is -0.493 e. The van der Waals surface area contributed by atoms with Crippen LogP contribution in [0.5, 0.6) is 5.88 Å². The summed E-state index contributed by atoms with van der Waals surface area (Å²) in [5.41, 5.74) is 1.05. The average molecular weight is 390 g/mol. The van der Waals surface area contributed by atoms with Crippen LogP contribution < -0.4 is 5.56 Å². The number of rotatable bonds is 11. The van der Waals surface area contributed by atoms with Gasteiger partial charge < -0.3 is 10.0 Å². The first kappa shape index (κ1) is 21.5. The zero-order valence-corrected chi connectivity index (χ0v) is 17.5. The van der Waals surface area contributed by atoms with Crippen LogP contribution in [0.3, 0.4) is 0 Å². The van der Waals surface area contributed by atoms with Crippen LogP contribution in [0.15, 0.2) is 40.3 Å². The second-order valence-corrected chi connectivity index (χ2v) is 8.05. The molecule has 0 bridgehead atoms. The van der Waals surface area contributed by atoms with E-state index in [0.717, 1.165) is 37.2 Å². The van der Waals surface area contributed by atoms with Crippen LogP contribution in [-0.2, 0) is 6.42 Å². The molecule has 0 saturated heterocycles. The van der Waals surface area contributed by atoms with Crippen molar-refractivity contribution in [2.24, 2.45) is 0 Å². The molecule has 148 valence electrons. The number of benzene rings is 1. The average Bonchev–Trinajstić information content (AvgIpc) is 2.64. The maximum absolute atomic E-state index is 13.2. The highest BCUT2D eigenvalue weighted by Gasteiger charge is 2.17. The lowest BCUT2D eigenvalue weighted by Crippen LogP contribution is -2.26. The Hall–Kier alpha value is -1.79. The molecule has 2 aromatic rings. The molecule has 2 rings (SSSR count). The molecular weight excluding hydrogens is 358 g/mol. The molecule has 0 amide bonds. The lowest BCUT2D eigenvalue weighted by Gasteiger charge is -2.15. The van der Waals surface area contributed by atoms with E-state index in [9.17, 15) is 9.90 Å². The Bertz CT molecular complexity index is 760. The maximum Gasteiger partial charge on any atom is 0.265 e. The second kappa shape index (κ2) is 11.1. The van der Waals surface area contributed by atoms with Crippen molar-refractivity contribution in [3.8, 4) is 11.6 Å². The number of aromatic nitrogens is 2. The van der Waals surface area contributed by atoms with E-state index in [4.69, 9.17) is 0 Å². The fraction of sp³-hybridized carbons (Fsp3) is 0.524. The Morgan fingerprint density at radius 3 is 2.48 bits per heavy atom. The van der Waals surface area contributed by atoms with Crippen LogP contribution in [-0.4, -0.2) is 46.0 Å². The van der Waals surface area contributed by atoms with Gasteiger partial charge in [-0.25, -0.2) is 0 Å². The highest BCUT2D eigenvalue weighted by molar-refractivity contribution is 7.99. The maximum atomic E-state index is 13.2. The third kappa shape index (κ3) is 6.40. The van der Waals surface area contributed by atoms with Gasteiger partial charge in [0.2, 0.25) is 5.88 Å². The Kier molecular flexibility index (Phi) is 8.88. The molecular formula is C21H31N3O2S. The Morgan fingerprint density at radius 2 is 1.81 bits per heavy atom. The Morgan fingerprint density at radius 1 is 1.11 bits per heavy atom. The molecule has 6 heteroatoms. The Balaban J connectivity index is 2.30. The molecule has 0 radical (unpaired) electrons. The lowest BCUT2D eigenvalue weighted by atomic mass is 10.1. The minimum atomic E-state index is -0.156. The second-order valence-electron chi connectivity index (χ2n) is 6.99. The number of para-hydroxylation sites is 1. The molecule has 0 aliphatic heterocycles. The normalized spacial score (nSPS) is 11.3. The Labute approximate surface area is 166 Å². The first-order valence-corrected chi connectivity index (χ1v) is 10.7. The molecule has 1 aromatic carbocycles. The molecule has 1 aromatic heterocycles. The summed E-state index contributed by atoms with van der Waals surface area (Å²) in [6.45, 7) is 3.05. The van der Waals surface area contributed by atoms with Crippen molar-refractivity contribution in [3.63, 3.8) is 0 Å². The van der Waals surface area contributed by atoms with Crippen molar-refractivity contribution >= 4 is 11.8 Å². The van der Waals surface area contributed by atoms with Gasteiger partial charge in [0.15, 0.2) is 5.16 Å². The van der Waals surface area contributed by atoms with Crippen LogP contribution in [0.25, 0.3) is 5.69 Å². The number of hydrogen-bond acceptors (Lipinski definition) is 5. The topological polar surface area (TPSA) is 58.4 Å². The first-order chi connectivity index (χ1) is 13.0. The van der Waals surface area contributed by atoms with Gasteiger partial charge in [0.25, 0.3) is 5.56 Å². The fourth-order valence-electron chi connectivity index (χ4n) is 2.87. The number of unbranched alkanes of at least 4 members (excludes halogenated alkanes) is 4. The molecule has 0 aliphatic carbocycles. The molecule has 0 fully saturated rings. The summed E-state index contributed by atoms with van der Waals surface area (Å²) >= 11 is 1.49. The first-order valence-electron chi connectivity index (χ1n) is 9.72. The van der Waals surface area contributed by atoms with Crippen molar-refractivity contribution in [1.29, 1.82) is 0 Å². The summed E-state index contributed by atoms with van der Waals surface area (Å²) in [5.74, 6) is 0.678. The van der Waals surface area contributed by atoms with E-state index in [-0.39, 0.29) is 11.4 Å². The van der Waals surface area contributed by atoms with Gasteiger partial charge in [-0.3, -0.25) is 9.36 Å². The zero-order valence-electron chi connectivity index (χ0n) is 16.6. The van der Waals surface area contributed by atoms with E-state index in [2.05, 4.69) is 16.8 Å². The number of aromatic hydroxyl groups is 1. The number of nitrogens with zero attached hydrogens (tertiary/aromatic N) is 3. The summed E-state index contributed by atoms with van der Waals surface area (Å²) in [6, 6.07) is 9.55. The van der Waals surface area contributed by atoms with Crippen molar-refractivity contribution in [2.75, 3.05) is 26.4 Å². The van der Waals surface area contributed by atoms with E-state index >= 15 is 0 Å². The fourth-order valence-corrected chi connectivity index (χ4v) is 3.98. The highest BCUT2D eigenvalue weighted by atomic mass is 32.2. The molecule has 0 aliphatic rings. The third-order valence-corrected chi connectivity index (χ3v) is 5.36. The zero-order chi connectivity index (χ0) is 19.6. The predicted octanol–water partition coefficient (Wildman–Crippen LogP) is 4.10. The third-order valence-electron chi connectivity index (χ3n) is 4.44. The van der Waals surface area contributed by atoms with Gasteiger partial charge in [0.05, 0.1) is 11.3 Å². The molecule has 0 atom stereocenters. The standard InChI is InChI=1S/C21H31N3O2S/c1-4-5-6-7-11-14-18-19(25)22-21(27-16-15-23(2)3)24(20(18)26)17-12-9-8-10-13-17/h8-10,12-13,25H,4-7,11,14-16H2,1-3H3. The monoisotopic (exact) mass is 389 g/mol. The summed E-state index contributed by atoms with van der Waals surface area (Å²) < 4.78 is 1.64. The molecule has 27 heavy (non-hydrogen) atoms. The van der Waals surface area contributed by atoms with Gasteiger partial charge in [0, 0.05) is 12.3 Å². The molecule has 1 heterocycles. The van der Waals surface area contributed by atoms with E-state index < -0.39 is 0 Å². The van der Waals surface area contributed by atoms with Crippen molar-refractivity contribution in [1.82, 2.24) is 14.5 Å². The van der Waals surface area contributed by atoms with E-state index in [1.54, 1.807) is 4.57 Å². The van der Waals surface area contributed by atoms with Crippen molar-refractivity contribution in [3.05, 3.63) is 46.2 Å². The molecule has 5 nitrogen and oxygen atoms in total. The van der Waals surface area contributed by atoms with Crippen LogP contribution in [0.1, 0.15) is 44.6 Å². The predicted molar refractivity (Wildman–Crippen MR) is 113 cm³/mol. The van der Waals surface area contributed by atoms with E-state index in [1.807, 2.05) is 44.4 Å². The minimum absolute atomic E-state index is 0.116. The lowest BCUT2D eigenvalue weighted by molar-refractivity contribution is 0.428. The number of thioether (sulfide) groups is 1. The van der Waals surface area contributed by atoms with Crippen LogP contribution >= 0.6 is 11.8 Å². The summed E-state index contributed by atoms with van der Waals surface area (Å²) in [5, 5.41) is 10.9. The number of hydrogen-bond donors (Lipinski definition) is 1. The smallest absolute Gasteiger partial charge is 0.265 e. The summed E-state index contributed by atoms with van der Waals surface area (Å²) in [6.07, 6.45) is 6.09. The quantitative estimate of drug-likeness (QED) is 0.356. The molecule has 0 saturated carbocycles. The van der Waals surface area contributed by atoms with Gasteiger partial charge in [-0.1, -0.05) is 62.6 Å². The van der Waals surface area contributed by atoms with Gasteiger partial charge in [0.1, 0.15) is 0 Å². The van der Waals surface area contributed by atoms with Crippen LogP contribution in [0.2, 0.25) is 0 Å². The molecule has 1 N–H and O–H groups in total. The summed E-state index contributed by atoms with van der Waals surface area (Å²) in [7, 11) is 4.02. The molecule has 0 spiro atoms. The van der Waals surface area contributed by atoms with Gasteiger partial charge in [-0.15, -0.1) is 0 Å². The highest BCUT2D eigenvalue weighted by Crippen LogP contribution is 2.23. The SMILES string of the molecule is CCCCCCCc1c(O)nc(SCCN(C)C)n(-c2ccccc2)c1=O. The van der Waals surface area contributed by atoms with Crippen molar-refractivity contribution < 1.29 is 5.11 Å². The molecule has 0 unspecified atom stereocenters.